The molecule has 0 saturated carbocycles. The Bertz CT molecular complexity index is 581. The summed E-state index contributed by atoms with van der Waals surface area (Å²) in [5.74, 6) is 0.515. The molecular weight excluding hydrogens is 248 g/mol. The van der Waals surface area contributed by atoms with Crippen LogP contribution >= 0.6 is 11.8 Å². The first-order valence-electron chi connectivity index (χ1n) is 5.63. The van der Waals surface area contributed by atoms with Crippen LogP contribution in [0.3, 0.4) is 0 Å². The monoisotopic (exact) mass is 260 g/mol. The fourth-order valence-electron chi connectivity index (χ4n) is 2.06. The summed E-state index contributed by atoms with van der Waals surface area (Å²) in [7, 11) is 0. The van der Waals surface area contributed by atoms with Gasteiger partial charge in [0.2, 0.25) is 17.0 Å². The van der Waals surface area contributed by atoms with Gasteiger partial charge >= 0.3 is 0 Å². The van der Waals surface area contributed by atoms with Gasteiger partial charge in [0.1, 0.15) is 0 Å². The maximum absolute atomic E-state index is 11.7. The fourth-order valence-corrected chi connectivity index (χ4v) is 2.41. The molecule has 18 heavy (non-hydrogen) atoms. The maximum atomic E-state index is 11.7. The van der Waals surface area contributed by atoms with Crippen LogP contribution in [0.25, 0.3) is 0 Å². The maximum Gasteiger partial charge on any atom is 0.229 e. The molecule has 1 aliphatic heterocycles. The van der Waals surface area contributed by atoms with E-state index in [2.05, 4.69) is 15.4 Å². The van der Waals surface area contributed by atoms with Gasteiger partial charge in [0, 0.05) is 0 Å². The number of thioether (sulfide) groups is 1. The topological polar surface area (TPSA) is 59.8 Å². The third kappa shape index (κ3) is 1.88. The molecule has 1 amide bonds. The molecule has 0 bridgehead atoms. The highest BCUT2D eigenvalue weighted by atomic mass is 32.2. The minimum Gasteiger partial charge on any atom is -0.295 e. The number of aromatic nitrogens is 3. The van der Waals surface area contributed by atoms with E-state index in [1.54, 1.807) is 4.68 Å². The van der Waals surface area contributed by atoms with Gasteiger partial charge in [0.25, 0.3) is 0 Å². The van der Waals surface area contributed by atoms with E-state index in [0.29, 0.717) is 17.5 Å². The van der Waals surface area contributed by atoms with Crippen LogP contribution < -0.4 is 5.32 Å². The van der Waals surface area contributed by atoms with Crippen molar-refractivity contribution in [3.63, 3.8) is 0 Å². The van der Waals surface area contributed by atoms with Gasteiger partial charge in [-0.15, -0.1) is 5.10 Å². The highest BCUT2D eigenvalue weighted by molar-refractivity contribution is 7.98. The molecule has 1 aromatic carbocycles. The highest BCUT2D eigenvalue weighted by Gasteiger charge is 2.28. The lowest BCUT2D eigenvalue weighted by Gasteiger charge is -2.23. The molecule has 0 fully saturated rings. The smallest absolute Gasteiger partial charge is 0.229 e. The molecule has 92 valence electrons. The van der Waals surface area contributed by atoms with Crippen LogP contribution in [-0.4, -0.2) is 26.9 Å². The Balaban J connectivity index is 2.07. The SMILES string of the molecule is CSc1nc2n(n1)C(c1ccccc1)CC(=O)N2. The van der Waals surface area contributed by atoms with Crippen LogP contribution in [0.4, 0.5) is 5.95 Å². The minimum absolute atomic E-state index is 0.0172. The van der Waals surface area contributed by atoms with E-state index in [9.17, 15) is 4.79 Å². The molecule has 2 aromatic rings. The predicted octanol–water partition coefficient (Wildman–Crippen LogP) is 1.93. The standard InChI is InChI=1S/C12H12N4OS/c1-18-12-14-11-13-10(17)7-9(16(11)15-12)8-5-3-2-4-6-8/h2-6,9H,7H2,1H3,(H,13,14,15,17). The first-order chi connectivity index (χ1) is 8.78. The molecule has 0 saturated heterocycles. The molecular formula is C12H12N4OS. The van der Waals surface area contributed by atoms with Crippen molar-refractivity contribution in [3.05, 3.63) is 35.9 Å². The summed E-state index contributed by atoms with van der Waals surface area (Å²) in [6.45, 7) is 0. The Kier molecular flexibility index (Phi) is 2.79. The summed E-state index contributed by atoms with van der Waals surface area (Å²) in [6.07, 6.45) is 2.31. The largest absolute Gasteiger partial charge is 0.295 e. The molecule has 2 heterocycles. The van der Waals surface area contributed by atoms with E-state index in [1.165, 1.54) is 11.8 Å². The second kappa shape index (κ2) is 4.45. The summed E-state index contributed by atoms with van der Waals surface area (Å²) in [5, 5.41) is 7.84. The lowest BCUT2D eigenvalue weighted by molar-refractivity contribution is -0.117. The van der Waals surface area contributed by atoms with Gasteiger partial charge in [-0.05, 0) is 11.8 Å². The van der Waals surface area contributed by atoms with Crippen molar-refractivity contribution in [3.8, 4) is 0 Å². The number of benzene rings is 1. The van der Waals surface area contributed by atoms with Crippen LogP contribution in [-0.2, 0) is 4.79 Å². The second-order valence-corrected chi connectivity index (χ2v) is 4.82. The molecule has 5 nitrogen and oxygen atoms in total. The Morgan fingerprint density at radius 3 is 2.89 bits per heavy atom. The summed E-state index contributed by atoms with van der Waals surface area (Å²) >= 11 is 1.47. The first kappa shape index (κ1) is 11.3. The van der Waals surface area contributed by atoms with Gasteiger partial charge in [0.15, 0.2) is 0 Å². The van der Waals surface area contributed by atoms with Crippen LogP contribution in [0.1, 0.15) is 18.0 Å². The van der Waals surface area contributed by atoms with Crippen molar-refractivity contribution in [2.24, 2.45) is 0 Å². The Morgan fingerprint density at radius 1 is 1.39 bits per heavy atom. The van der Waals surface area contributed by atoms with E-state index in [-0.39, 0.29) is 11.9 Å². The molecule has 1 unspecified atom stereocenters. The number of rotatable bonds is 2. The molecule has 3 rings (SSSR count). The Labute approximate surface area is 109 Å². The molecule has 1 atom stereocenters. The van der Waals surface area contributed by atoms with Crippen LogP contribution in [0.5, 0.6) is 0 Å². The quantitative estimate of drug-likeness (QED) is 0.838. The van der Waals surface area contributed by atoms with Gasteiger partial charge in [0.05, 0.1) is 12.5 Å². The summed E-state index contributed by atoms with van der Waals surface area (Å²) in [4.78, 5) is 16.0. The fraction of sp³-hybridized carbons (Fsp3) is 0.250. The molecule has 0 radical (unpaired) electrons. The van der Waals surface area contributed by atoms with Crippen molar-refractivity contribution in [2.75, 3.05) is 11.6 Å². The van der Waals surface area contributed by atoms with Gasteiger partial charge in [-0.2, -0.15) is 4.98 Å². The van der Waals surface area contributed by atoms with Crippen molar-refractivity contribution in [1.29, 1.82) is 0 Å². The zero-order chi connectivity index (χ0) is 12.5. The number of fused-ring (bicyclic) bond motifs is 1. The van der Waals surface area contributed by atoms with Gasteiger partial charge in [-0.1, -0.05) is 42.1 Å². The van der Waals surface area contributed by atoms with E-state index < -0.39 is 0 Å². The summed E-state index contributed by atoms with van der Waals surface area (Å²) < 4.78 is 1.79. The van der Waals surface area contributed by atoms with E-state index in [1.807, 2.05) is 36.6 Å². The minimum atomic E-state index is -0.0663. The lowest BCUT2D eigenvalue weighted by atomic mass is 10.0. The molecule has 1 N–H and O–H groups in total. The van der Waals surface area contributed by atoms with E-state index in [4.69, 9.17) is 0 Å². The molecule has 0 spiro atoms. The summed E-state index contributed by atoms with van der Waals surface area (Å²) in [5.41, 5.74) is 1.08. The van der Waals surface area contributed by atoms with Gasteiger partial charge in [-0.3, -0.25) is 10.1 Å². The van der Waals surface area contributed by atoms with Gasteiger partial charge < -0.3 is 0 Å². The third-order valence-corrected chi connectivity index (χ3v) is 3.44. The lowest BCUT2D eigenvalue weighted by Crippen LogP contribution is -2.29. The molecule has 1 aromatic heterocycles. The van der Waals surface area contributed by atoms with E-state index in [0.717, 1.165) is 5.56 Å². The van der Waals surface area contributed by atoms with Crippen molar-refractivity contribution >= 4 is 23.6 Å². The Morgan fingerprint density at radius 2 is 2.17 bits per heavy atom. The van der Waals surface area contributed by atoms with Crippen LogP contribution in [0.2, 0.25) is 0 Å². The molecule has 1 aliphatic rings. The normalized spacial score (nSPS) is 18.3. The van der Waals surface area contributed by atoms with Gasteiger partial charge in [-0.25, -0.2) is 4.68 Å². The number of carbonyl (C=O) groups is 1. The highest BCUT2D eigenvalue weighted by Crippen LogP contribution is 2.29. The van der Waals surface area contributed by atoms with E-state index >= 15 is 0 Å². The first-order valence-corrected chi connectivity index (χ1v) is 6.86. The van der Waals surface area contributed by atoms with Crippen molar-refractivity contribution in [1.82, 2.24) is 14.8 Å². The van der Waals surface area contributed by atoms with Crippen molar-refractivity contribution < 1.29 is 4.79 Å². The Hall–Kier alpha value is -1.82. The average Bonchev–Trinajstić information content (AvgIpc) is 2.81. The molecule has 0 aliphatic carbocycles. The number of nitrogens with one attached hydrogen (secondary N) is 1. The number of hydrogen-bond acceptors (Lipinski definition) is 4. The number of anilines is 1. The third-order valence-electron chi connectivity index (χ3n) is 2.90. The number of amides is 1. The predicted molar refractivity (Wildman–Crippen MR) is 69.6 cm³/mol. The van der Waals surface area contributed by atoms with Crippen LogP contribution in [0.15, 0.2) is 35.5 Å². The van der Waals surface area contributed by atoms with Crippen LogP contribution in [0, 0.1) is 0 Å². The number of carbonyl (C=O) groups excluding carboxylic acids is 1. The van der Waals surface area contributed by atoms with Crippen molar-refractivity contribution in [2.45, 2.75) is 17.6 Å². The second-order valence-electron chi connectivity index (χ2n) is 4.05. The summed E-state index contributed by atoms with van der Waals surface area (Å²) in [6, 6.07) is 9.84. The zero-order valence-electron chi connectivity index (χ0n) is 9.83. The number of hydrogen-bond donors (Lipinski definition) is 1. The zero-order valence-corrected chi connectivity index (χ0v) is 10.6. The average molecular weight is 260 g/mol. The molecule has 6 heteroatoms. The number of nitrogens with zero attached hydrogens (tertiary/aromatic N) is 3.